The first-order valence-corrected chi connectivity index (χ1v) is 8.59. The van der Waals surface area contributed by atoms with Crippen LogP contribution in [0.1, 0.15) is 58.3 Å². The van der Waals surface area contributed by atoms with E-state index >= 15 is 0 Å². The summed E-state index contributed by atoms with van der Waals surface area (Å²) in [5.74, 6) is 0. The first kappa shape index (κ1) is 19.4. The molecule has 1 saturated heterocycles. The Bertz CT molecular complexity index is 295. The van der Waals surface area contributed by atoms with E-state index in [4.69, 9.17) is 14.6 Å². The SMILES string of the molecule is CCCCCCCCC/C=C/O[C@H]1CO[C@H]([C@H](O)CO)[C@@H]1O. The minimum Gasteiger partial charge on any atom is -0.493 e. The number of allylic oxidation sites excluding steroid dienone is 1. The molecular formula is C17H32O5. The quantitative estimate of drug-likeness (QED) is 0.380. The summed E-state index contributed by atoms with van der Waals surface area (Å²) in [5, 5.41) is 28.3. The molecule has 0 aromatic carbocycles. The lowest BCUT2D eigenvalue weighted by Gasteiger charge is -2.20. The molecule has 130 valence electrons. The second-order valence-electron chi connectivity index (χ2n) is 5.99. The minimum absolute atomic E-state index is 0.227. The van der Waals surface area contributed by atoms with Crippen molar-refractivity contribution in [2.24, 2.45) is 0 Å². The van der Waals surface area contributed by atoms with Crippen LogP contribution < -0.4 is 0 Å². The fraction of sp³-hybridized carbons (Fsp3) is 0.882. The number of unbranched alkanes of at least 4 members (excludes halogenated alkanes) is 7. The monoisotopic (exact) mass is 316 g/mol. The molecule has 1 heterocycles. The van der Waals surface area contributed by atoms with Crippen molar-refractivity contribution in [1.29, 1.82) is 0 Å². The van der Waals surface area contributed by atoms with Gasteiger partial charge in [0.2, 0.25) is 0 Å². The van der Waals surface area contributed by atoms with E-state index in [2.05, 4.69) is 6.92 Å². The van der Waals surface area contributed by atoms with E-state index in [-0.39, 0.29) is 6.61 Å². The van der Waals surface area contributed by atoms with Crippen LogP contribution in [0.4, 0.5) is 0 Å². The smallest absolute Gasteiger partial charge is 0.149 e. The largest absolute Gasteiger partial charge is 0.493 e. The topological polar surface area (TPSA) is 79.2 Å². The van der Waals surface area contributed by atoms with E-state index in [1.807, 2.05) is 6.08 Å². The number of hydrogen-bond acceptors (Lipinski definition) is 5. The number of aliphatic hydroxyl groups is 3. The van der Waals surface area contributed by atoms with Gasteiger partial charge in [-0.15, -0.1) is 0 Å². The van der Waals surface area contributed by atoms with Gasteiger partial charge in [-0.1, -0.05) is 45.4 Å². The lowest BCUT2D eigenvalue weighted by Crippen LogP contribution is -2.40. The van der Waals surface area contributed by atoms with Crippen LogP contribution in [0, 0.1) is 0 Å². The molecule has 0 unspecified atom stereocenters. The highest BCUT2D eigenvalue weighted by Crippen LogP contribution is 2.20. The standard InChI is InChI=1S/C17H32O5/c1-2-3-4-5-6-7-8-9-10-11-21-15-13-22-17(16(15)20)14(19)12-18/h10-11,14-20H,2-9,12-13H2,1H3/b11-10+/t14-,15+,16-,17-/m1/s1. The lowest BCUT2D eigenvalue weighted by atomic mass is 10.1. The predicted molar refractivity (Wildman–Crippen MR) is 85.5 cm³/mol. The molecule has 22 heavy (non-hydrogen) atoms. The molecule has 4 atom stereocenters. The summed E-state index contributed by atoms with van der Waals surface area (Å²) in [6, 6.07) is 0. The van der Waals surface area contributed by atoms with Crippen molar-refractivity contribution in [2.75, 3.05) is 13.2 Å². The van der Waals surface area contributed by atoms with Crippen molar-refractivity contribution in [3.63, 3.8) is 0 Å². The third-order valence-electron chi connectivity index (χ3n) is 4.06. The molecule has 5 nitrogen and oxygen atoms in total. The van der Waals surface area contributed by atoms with Gasteiger partial charge in [0.1, 0.15) is 24.4 Å². The Kier molecular flexibility index (Phi) is 10.5. The summed E-state index contributed by atoms with van der Waals surface area (Å²) < 4.78 is 10.7. The highest BCUT2D eigenvalue weighted by molar-refractivity contribution is 4.90. The fourth-order valence-electron chi connectivity index (χ4n) is 2.62. The van der Waals surface area contributed by atoms with Gasteiger partial charge in [-0.05, 0) is 18.9 Å². The average molecular weight is 316 g/mol. The molecule has 1 aliphatic rings. The van der Waals surface area contributed by atoms with Crippen molar-refractivity contribution in [3.05, 3.63) is 12.3 Å². The molecule has 0 aliphatic carbocycles. The number of aliphatic hydroxyl groups excluding tert-OH is 3. The maximum absolute atomic E-state index is 9.94. The zero-order chi connectivity index (χ0) is 16.2. The van der Waals surface area contributed by atoms with Gasteiger partial charge in [0.15, 0.2) is 0 Å². The van der Waals surface area contributed by atoms with Gasteiger partial charge >= 0.3 is 0 Å². The van der Waals surface area contributed by atoms with E-state index in [1.54, 1.807) is 6.26 Å². The van der Waals surface area contributed by atoms with Crippen molar-refractivity contribution >= 4 is 0 Å². The van der Waals surface area contributed by atoms with E-state index in [0.717, 1.165) is 12.8 Å². The van der Waals surface area contributed by atoms with Crippen molar-refractivity contribution in [3.8, 4) is 0 Å². The van der Waals surface area contributed by atoms with Crippen LogP contribution in [0.3, 0.4) is 0 Å². The zero-order valence-corrected chi connectivity index (χ0v) is 13.7. The molecule has 0 aromatic heterocycles. The first-order valence-electron chi connectivity index (χ1n) is 8.59. The van der Waals surface area contributed by atoms with Gasteiger partial charge in [-0.3, -0.25) is 0 Å². The molecule has 0 saturated carbocycles. The normalized spacial score (nSPS) is 26.6. The summed E-state index contributed by atoms with van der Waals surface area (Å²) in [4.78, 5) is 0. The van der Waals surface area contributed by atoms with Crippen LogP contribution in [-0.2, 0) is 9.47 Å². The summed E-state index contributed by atoms with van der Waals surface area (Å²) >= 11 is 0. The highest BCUT2D eigenvalue weighted by atomic mass is 16.6. The second kappa shape index (κ2) is 11.9. The summed E-state index contributed by atoms with van der Waals surface area (Å²) in [5.41, 5.74) is 0. The number of ether oxygens (including phenoxy) is 2. The highest BCUT2D eigenvalue weighted by Gasteiger charge is 2.40. The molecule has 3 N–H and O–H groups in total. The van der Waals surface area contributed by atoms with Gasteiger partial charge in [0.05, 0.1) is 19.5 Å². The van der Waals surface area contributed by atoms with Gasteiger partial charge < -0.3 is 24.8 Å². The second-order valence-corrected chi connectivity index (χ2v) is 5.99. The maximum Gasteiger partial charge on any atom is 0.149 e. The Balaban J connectivity index is 2.04. The van der Waals surface area contributed by atoms with Gasteiger partial charge in [0, 0.05) is 0 Å². The molecule has 0 spiro atoms. The molecule has 1 rings (SSSR count). The van der Waals surface area contributed by atoms with Crippen LogP contribution in [0.25, 0.3) is 0 Å². The predicted octanol–water partition coefficient (Wildman–Crippen LogP) is 2.14. The average Bonchev–Trinajstić information content (AvgIpc) is 2.89. The molecule has 1 aliphatic heterocycles. The molecular weight excluding hydrogens is 284 g/mol. The zero-order valence-electron chi connectivity index (χ0n) is 13.7. The van der Waals surface area contributed by atoms with Crippen molar-refractivity contribution in [1.82, 2.24) is 0 Å². The molecule has 0 bridgehead atoms. The van der Waals surface area contributed by atoms with Crippen LogP contribution in [0.5, 0.6) is 0 Å². The van der Waals surface area contributed by atoms with Crippen LogP contribution in [-0.4, -0.2) is 52.9 Å². The Morgan fingerprint density at radius 1 is 1.18 bits per heavy atom. The summed E-state index contributed by atoms with van der Waals surface area (Å²) in [6.07, 6.45) is 10.3. The molecule has 0 aromatic rings. The molecule has 0 radical (unpaired) electrons. The van der Waals surface area contributed by atoms with Crippen molar-refractivity contribution < 1.29 is 24.8 Å². The van der Waals surface area contributed by atoms with Gasteiger partial charge in [0.25, 0.3) is 0 Å². The summed E-state index contributed by atoms with van der Waals surface area (Å²) in [6.45, 7) is 2.02. The molecule has 5 heteroatoms. The van der Waals surface area contributed by atoms with Crippen LogP contribution >= 0.6 is 0 Å². The van der Waals surface area contributed by atoms with E-state index in [1.165, 1.54) is 38.5 Å². The minimum atomic E-state index is -1.07. The van der Waals surface area contributed by atoms with E-state index in [0.29, 0.717) is 0 Å². The van der Waals surface area contributed by atoms with Crippen LogP contribution in [0.15, 0.2) is 12.3 Å². The number of rotatable bonds is 12. The lowest BCUT2D eigenvalue weighted by molar-refractivity contribution is -0.0689. The van der Waals surface area contributed by atoms with Gasteiger partial charge in [-0.2, -0.15) is 0 Å². The first-order chi connectivity index (χ1) is 10.7. The Morgan fingerprint density at radius 2 is 1.86 bits per heavy atom. The van der Waals surface area contributed by atoms with Crippen LogP contribution in [0.2, 0.25) is 0 Å². The number of hydrogen-bond donors (Lipinski definition) is 3. The maximum atomic E-state index is 9.94. The van der Waals surface area contributed by atoms with Gasteiger partial charge in [-0.25, -0.2) is 0 Å². The van der Waals surface area contributed by atoms with E-state index in [9.17, 15) is 10.2 Å². The third kappa shape index (κ3) is 7.09. The molecule has 0 amide bonds. The Labute approximate surface area is 133 Å². The van der Waals surface area contributed by atoms with E-state index < -0.39 is 31.0 Å². The third-order valence-corrected chi connectivity index (χ3v) is 4.06. The fourth-order valence-corrected chi connectivity index (χ4v) is 2.62. The molecule has 1 fully saturated rings. The Hall–Kier alpha value is -0.620. The Morgan fingerprint density at radius 3 is 2.55 bits per heavy atom. The summed E-state index contributed by atoms with van der Waals surface area (Å²) in [7, 11) is 0. The van der Waals surface area contributed by atoms with Crippen molar-refractivity contribution in [2.45, 2.75) is 82.7 Å².